The van der Waals surface area contributed by atoms with Crippen molar-refractivity contribution < 1.29 is 34.4 Å². The minimum absolute atomic E-state index is 0.186. The molecule has 1 atom stereocenters. The van der Waals surface area contributed by atoms with Crippen LogP contribution >= 0.6 is 15.6 Å². The van der Waals surface area contributed by atoms with Crippen LogP contribution in [0.1, 0.15) is 232 Å². The van der Waals surface area contributed by atoms with E-state index in [9.17, 15) is 0 Å². The molecule has 0 amide bonds. The zero-order valence-electron chi connectivity index (χ0n) is 45.8. The Balaban J connectivity index is 1.56. The summed E-state index contributed by atoms with van der Waals surface area (Å²) in [4.78, 5) is 0. The van der Waals surface area contributed by atoms with Crippen molar-refractivity contribution in [2.45, 2.75) is 216 Å². The van der Waals surface area contributed by atoms with Crippen LogP contribution in [0.15, 0.2) is 48.5 Å². The average Bonchev–Trinajstić information content (AvgIpc) is 3.12. The van der Waals surface area contributed by atoms with Crippen molar-refractivity contribution in [3.8, 4) is 23.0 Å². The SMILES string of the molecule is CC(C)c1cc2c(c(C(C)(C)C)c1)OP(=O)([O][Al][O]P1(=O)Oc3c(cc(C(C)(C)C)cc3C(C)(C)C)Cc3cc(C(C)(C)C)cc(C(C)(C)C)c3O1)Oc1c(cc(C(C)(C)C)cc1C(C)(C)C)C2. The van der Waals surface area contributed by atoms with Crippen molar-refractivity contribution in [1.82, 2.24) is 0 Å². The van der Waals surface area contributed by atoms with E-state index < -0.39 is 53.2 Å². The molecule has 1 unspecified atom stereocenters. The van der Waals surface area contributed by atoms with Crippen molar-refractivity contribution in [3.63, 3.8) is 0 Å². The van der Waals surface area contributed by atoms with Crippen LogP contribution in [0.2, 0.25) is 0 Å². The van der Waals surface area contributed by atoms with Crippen LogP contribution in [-0.4, -0.2) is 15.9 Å². The molecule has 371 valence electrons. The molecule has 0 aromatic heterocycles. The van der Waals surface area contributed by atoms with Gasteiger partial charge in [-0.25, -0.2) is 9.13 Å². The highest BCUT2D eigenvalue weighted by molar-refractivity contribution is 7.52. The standard InChI is InChI=1S/C29H43O4P.C28H41O4P.Al/c1-26(2,3)20-14-18-13-19-15-21(27(4,5)6)17-23(29(10,11)12)25(19)33-34(30,31)32-24(18)22(16-20)28(7,8)9;1-17(2)18-12-19-13-20-14-21(26(3,4)5)16-23(28(9,10)11)25(20)32-33(29,30)31-24(19)22(15-18)27(6,7)8;/h14-17H,13H2,1-12H3,(H,30,31);12,14-17H,13H2,1-11H3,(H,29,30);/q;;+2/p-2. The first-order valence-electron chi connectivity index (χ1n) is 24.5. The fraction of sp³-hybridized carbons (Fsp3) is 0.579. The lowest BCUT2D eigenvalue weighted by Crippen LogP contribution is -2.24. The Bertz CT molecular complexity index is 2600. The lowest BCUT2D eigenvalue weighted by molar-refractivity contribution is 0.256. The van der Waals surface area contributed by atoms with Crippen LogP contribution in [0.3, 0.4) is 0 Å². The van der Waals surface area contributed by atoms with E-state index in [1.807, 2.05) is 0 Å². The molecule has 0 saturated heterocycles. The minimum Gasteiger partial charge on any atom is -0.396 e. The molecule has 0 N–H and O–H groups in total. The third kappa shape index (κ3) is 11.8. The fourth-order valence-electron chi connectivity index (χ4n) is 8.70. The second kappa shape index (κ2) is 17.9. The summed E-state index contributed by atoms with van der Waals surface area (Å²) in [5.74, 6) is 2.03. The van der Waals surface area contributed by atoms with Crippen LogP contribution in [0.4, 0.5) is 0 Å². The maximum absolute atomic E-state index is 15.8. The van der Waals surface area contributed by atoms with Gasteiger partial charge in [0.05, 0.1) is 0 Å². The number of hydrogen-bond donors (Lipinski definition) is 0. The van der Waals surface area contributed by atoms with E-state index in [2.05, 4.69) is 208 Å². The molecule has 0 spiro atoms. The summed E-state index contributed by atoms with van der Waals surface area (Å²) in [5.41, 5.74) is 9.37. The molecule has 0 aliphatic carbocycles. The predicted octanol–water partition coefficient (Wildman–Crippen LogP) is 17.1. The molecule has 68 heavy (non-hydrogen) atoms. The van der Waals surface area contributed by atoms with Gasteiger partial charge in [-0.1, -0.05) is 208 Å². The number of rotatable bonds is 5. The monoisotopic (exact) mass is 984 g/mol. The van der Waals surface area contributed by atoms with Crippen molar-refractivity contribution in [3.05, 3.63) is 115 Å². The molecule has 8 nitrogen and oxygen atoms in total. The molecule has 11 heteroatoms. The zero-order valence-corrected chi connectivity index (χ0v) is 48.8. The van der Waals surface area contributed by atoms with Gasteiger partial charge in [-0.2, -0.15) is 0 Å². The summed E-state index contributed by atoms with van der Waals surface area (Å²) < 4.78 is 71.4. The maximum Gasteiger partial charge on any atom is 0.689 e. The topological polar surface area (TPSA) is 89.5 Å². The summed E-state index contributed by atoms with van der Waals surface area (Å²) in [6.45, 7) is 49.6. The number of hydrogen-bond acceptors (Lipinski definition) is 8. The van der Waals surface area contributed by atoms with Gasteiger partial charge >= 0.3 is 31.5 Å². The third-order valence-electron chi connectivity index (χ3n) is 13.1. The van der Waals surface area contributed by atoms with E-state index in [4.69, 9.17) is 25.2 Å². The molecule has 4 aromatic carbocycles. The van der Waals surface area contributed by atoms with Crippen molar-refractivity contribution in [1.29, 1.82) is 0 Å². The molecule has 0 saturated carbocycles. The summed E-state index contributed by atoms with van der Waals surface area (Å²) in [6.07, 6.45) is 0.964. The van der Waals surface area contributed by atoms with Gasteiger partial charge in [-0.15, -0.1) is 0 Å². The number of phosphoric acid groups is 2. The van der Waals surface area contributed by atoms with Gasteiger partial charge in [0.25, 0.3) is 0 Å². The molecular formula is C57H82AlO8P2. The second-order valence-corrected chi connectivity index (χ2v) is 31.3. The van der Waals surface area contributed by atoms with Gasteiger partial charge in [-0.3, -0.25) is 0 Å². The summed E-state index contributed by atoms with van der Waals surface area (Å²) in [6, 6.07) is 17.3. The van der Waals surface area contributed by atoms with E-state index >= 15 is 9.13 Å². The van der Waals surface area contributed by atoms with Crippen molar-refractivity contribution in [2.75, 3.05) is 0 Å². The highest BCUT2D eigenvalue weighted by Crippen LogP contribution is 2.61. The molecule has 2 aliphatic rings. The Hall–Kier alpha value is -3.01. The molecule has 2 heterocycles. The van der Waals surface area contributed by atoms with Gasteiger partial charge in [0.1, 0.15) is 23.0 Å². The quantitative estimate of drug-likeness (QED) is 0.144. The molecule has 2 aliphatic heterocycles. The molecule has 6 rings (SSSR count). The van der Waals surface area contributed by atoms with E-state index in [1.165, 1.54) is 0 Å². The highest BCUT2D eigenvalue weighted by atomic mass is 31.2. The van der Waals surface area contributed by atoms with Gasteiger partial charge < -0.3 is 25.2 Å². The van der Waals surface area contributed by atoms with Gasteiger partial charge in [0.15, 0.2) is 0 Å². The largest absolute Gasteiger partial charge is 0.689 e. The van der Waals surface area contributed by atoms with Gasteiger partial charge in [-0.05, 0) is 88.3 Å². The lowest BCUT2D eigenvalue weighted by atomic mass is 9.76. The number of benzene rings is 4. The van der Waals surface area contributed by atoms with Crippen LogP contribution in [0.25, 0.3) is 0 Å². The molecule has 0 bridgehead atoms. The van der Waals surface area contributed by atoms with Gasteiger partial charge in [0.2, 0.25) is 0 Å². The average molecular weight is 984 g/mol. The maximum atomic E-state index is 15.8. The van der Waals surface area contributed by atoms with Crippen LogP contribution in [0, 0.1) is 0 Å². The first-order valence-corrected chi connectivity index (χ1v) is 28.3. The first-order chi connectivity index (χ1) is 30.6. The zero-order chi connectivity index (χ0) is 51.3. The first kappa shape index (κ1) is 54.3. The van der Waals surface area contributed by atoms with Crippen LogP contribution < -0.4 is 18.1 Å². The minimum atomic E-state index is -4.64. The van der Waals surface area contributed by atoms with Crippen LogP contribution in [0.5, 0.6) is 23.0 Å². The lowest BCUT2D eigenvalue weighted by Gasteiger charge is -2.35. The van der Waals surface area contributed by atoms with E-state index in [0.717, 1.165) is 66.8 Å². The Morgan fingerprint density at radius 3 is 0.882 bits per heavy atom. The van der Waals surface area contributed by atoms with Gasteiger partial charge in [0, 0.05) is 35.1 Å². The van der Waals surface area contributed by atoms with E-state index in [-0.39, 0.29) is 22.2 Å². The molecule has 4 aromatic rings. The van der Waals surface area contributed by atoms with E-state index in [1.54, 1.807) is 0 Å². The van der Waals surface area contributed by atoms with Crippen LogP contribution in [-0.2, 0) is 67.0 Å². The Morgan fingerprint density at radius 2 is 0.647 bits per heavy atom. The molecule has 0 fully saturated rings. The molecule has 1 radical (unpaired) electrons. The predicted molar refractivity (Wildman–Crippen MR) is 282 cm³/mol. The second-order valence-electron chi connectivity index (χ2n) is 26.9. The Kier molecular flexibility index (Phi) is 14.3. The Labute approximate surface area is 418 Å². The summed E-state index contributed by atoms with van der Waals surface area (Å²) in [7, 11) is -9.27. The highest BCUT2D eigenvalue weighted by Gasteiger charge is 2.45. The number of phosphoric ester groups is 2. The summed E-state index contributed by atoms with van der Waals surface area (Å²) in [5, 5.41) is 0. The fourth-order valence-corrected chi connectivity index (χ4v) is 12.6. The van der Waals surface area contributed by atoms with Crippen molar-refractivity contribution in [2.24, 2.45) is 0 Å². The smallest absolute Gasteiger partial charge is 0.396 e. The van der Waals surface area contributed by atoms with Crippen molar-refractivity contribution >= 4 is 31.5 Å². The molecular weight excluding hydrogens is 902 g/mol. The normalized spacial score (nSPS) is 17.9. The summed E-state index contributed by atoms with van der Waals surface area (Å²) >= 11 is -1.86. The Morgan fingerprint density at radius 1 is 0.397 bits per heavy atom. The third-order valence-corrected chi connectivity index (χ3v) is 17.5. The van der Waals surface area contributed by atoms with E-state index in [0.29, 0.717) is 35.8 Å². The number of fused-ring (bicyclic) bond motifs is 4.